The fourth-order valence-electron chi connectivity index (χ4n) is 3.96. The SMILES string of the molecule is CN(C)CC(=O)OCCc1ccc(-c2ccc3c(=O)n(CCC(C(=O)NO)S(C)(=O)=O)ccc3c2)cc1. The molecule has 0 aliphatic carbocycles. The van der Waals surface area contributed by atoms with Gasteiger partial charge in [-0.15, -0.1) is 0 Å². The first kappa shape index (κ1) is 28.0. The summed E-state index contributed by atoms with van der Waals surface area (Å²) < 4.78 is 30.3. The van der Waals surface area contributed by atoms with Crippen LogP contribution in [0, 0.1) is 0 Å². The van der Waals surface area contributed by atoms with Crippen molar-refractivity contribution in [2.45, 2.75) is 24.6 Å². The number of nitrogens with one attached hydrogen (secondary N) is 1. The molecule has 2 aromatic carbocycles. The highest BCUT2D eigenvalue weighted by Gasteiger charge is 2.28. The maximum Gasteiger partial charge on any atom is 0.320 e. The van der Waals surface area contributed by atoms with Crippen LogP contribution in [0.15, 0.2) is 59.5 Å². The minimum absolute atomic E-state index is 0.00635. The van der Waals surface area contributed by atoms with Crippen molar-refractivity contribution in [2.75, 3.05) is 33.5 Å². The Bertz CT molecular complexity index is 1430. The maximum absolute atomic E-state index is 13.0. The highest BCUT2D eigenvalue weighted by Crippen LogP contribution is 2.24. The fraction of sp³-hybridized carbons (Fsp3) is 0.346. The normalized spacial score (nSPS) is 12.5. The molecule has 3 rings (SSSR count). The lowest BCUT2D eigenvalue weighted by Gasteiger charge is -2.14. The van der Waals surface area contributed by atoms with Gasteiger partial charge in [0.05, 0.1) is 13.2 Å². The van der Waals surface area contributed by atoms with Crippen LogP contribution in [0.3, 0.4) is 0 Å². The number of aromatic nitrogens is 1. The molecule has 11 heteroatoms. The topological polar surface area (TPSA) is 135 Å². The average molecular weight is 530 g/mol. The third-order valence-electron chi connectivity index (χ3n) is 5.91. The van der Waals surface area contributed by atoms with Gasteiger partial charge in [0.2, 0.25) is 0 Å². The number of benzene rings is 2. The van der Waals surface area contributed by atoms with Crippen LogP contribution in [0.4, 0.5) is 0 Å². The van der Waals surface area contributed by atoms with E-state index in [0.717, 1.165) is 28.3 Å². The zero-order valence-corrected chi connectivity index (χ0v) is 21.8. The maximum atomic E-state index is 13.0. The number of hydrogen-bond donors (Lipinski definition) is 2. The van der Waals surface area contributed by atoms with E-state index < -0.39 is 21.0 Å². The van der Waals surface area contributed by atoms with Gasteiger partial charge in [-0.1, -0.05) is 30.3 Å². The molecule has 0 radical (unpaired) electrons. The van der Waals surface area contributed by atoms with Crippen molar-refractivity contribution in [3.8, 4) is 11.1 Å². The number of rotatable bonds is 11. The molecule has 0 spiro atoms. The van der Waals surface area contributed by atoms with Gasteiger partial charge in [0, 0.05) is 30.8 Å². The van der Waals surface area contributed by atoms with Crippen molar-refractivity contribution in [1.82, 2.24) is 14.9 Å². The second kappa shape index (κ2) is 12.1. The molecule has 1 atom stereocenters. The molecule has 0 aliphatic heterocycles. The number of amides is 1. The number of hydroxylamine groups is 1. The Labute approximate surface area is 215 Å². The van der Waals surface area contributed by atoms with Gasteiger partial charge in [-0.25, -0.2) is 13.9 Å². The summed E-state index contributed by atoms with van der Waals surface area (Å²) >= 11 is 0. The fourth-order valence-corrected chi connectivity index (χ4v) is 4.94. The van der Waals surface area contributed by atoms with Crippen molar-refractivity contribution in [3.05, 3.63) is 70.6 Å². The summed E-state index contributed by atoms with van der Waals surface area (Å²) in [5.74, 6) is -1.29. The number of likely N-dealkylation sites (N-methyl/N-ethyl adjacent to an activating group) is 1. The molecule has 1 heterocycles. The van der Waals surface area contributed by atoms with E-state index in [-0.39, 0.29) is 31.0 Å². The van der Waals surface area contributed by atoms with Crippen LogP contribution in [-0.2, 0) is 37.1 Å². The van der Waals surface area contributed by atoms with E-state index >= 15 is 0 Å². The van der Waals surface area contributed by atoms with Gasteiger partial charge >= 0.3 is 5.97 Å². The minimum atomic E-state index is -3.77. The van der Waals surface area contributed by atoms with Crippen molar-refractivity contribution in [3.63, 3.8) is 0 Å². The summed E-state index contributed by atoms with van der Waals surface area (Å²) in [7, 11) is -0.154. The quantitative estimate of drug-likeness (QED) is 0.217. The lowest BCUT2D eigenvalue weighted by Crippen LogP contribution is -2.39. The van der Waals surface area contributed by atoms with Crippen molar-refractivity contribution in [2.24, 2.45) is 0 Å². The molecule has 1 amide bonds. The van der Waals surface area contributed by atoms with E-state index in [1.807, 2.05) is 36.4 Å². The Balaban J connectivity index is 1.71. The molecule has 0 fully saturated rings. The van der Waals surface area contributed by atoms with E-state index in [4.69, 9.17) is 9.94 Å². The van der Waals surface area contributed by atoms with Crippen LogP contribution in [0.25, 0.3) is 21.9 Å². The average Bonchev–Trinajstić information content (AvgIpc) is 2.84. The van der Waals surface area contributed by atoms with E-state index in [1.165, 1.54) is 10.0 Å². The molecule has 3 aromatic rings. The predicted molar refractivity (Wildman–Crippen MR) is 140 cm³/mol. The molecule has 0 aliphatic rings. The number of esters is 1. The zero-order chi connectivity index (χ0) is 27.2. The smallest absolute Gasteiger partial charge is 0.320 e. The minimum Gasteiger partial charge on any atom is -0.464 e. The first-order chi connectivity index (χ1) is 17.5. The molecule has 2 N–H and O–H groups in total. The number of pyridine rings is 1. The van der Waals surface area contributed by atoms with Crippen LogP contribution >= 0.6 is 0 Å². The molecular weight excluding hydrogens is 498 g/mol. The number of ether oxygens (including phenoxy) is 1. The van der Waals surface area contributed by atoms with Gasteiger partial charge in [0.25, 0.3) is 11.5 Å². The Morgan fingerprint density at radius 3 is 2.38 bits per heavy atom. The lowest BCUT2D eigenvalue weighted by atomic mass is 10.0. The largest absolute Gasteiger partial charge is 0.464 e. The van der Waals surface area contributed by atoms with Gasteiger partial charge in [0.15, 0.2) is 9.84 Å². The highest BCUT2D eigenvalue weighted by molar-refractivity contribution is 7.92. The number of aryl methyl sites for hydroxylation is 1. The molecule has 0 bridgehead atoms. The molecule has 10 nitrogen and oxygen atoms in total. The first-order valence-corrected chi connectivity index (χ1v) is 13.6. The molecule has 198 valence electrons. The monoisotopic (exact) mass is 529 g/mol. The van der Waals surface area contributed by atoms with Gasteiger partial charge in [-0.2, -0.15) is 0 Å². The number of carbonyl (C=O) groups excluding carboxylic acids is 2. The highest BCUT2D eigenvalue weighted by atomic mass is 32.2. The van der Waals surface area contributed by atoms with Crippen LogP contribution < -0.4 is 11.0 Å². The number of sulfone groups is 1. The lowest BCUT2D eigenvalue weighted by molar-refractivity contribution is -0.144. The van der Waals surface area contributed by atoms with Crippen LogP contribution in [0.2, 0.25) is 0 Å². The molecule has 1 aromatic heterocycles. The summed E-state index contributed by atoms with van der Waals surface area (Å²) in [4.78, 5) is 38.1. The Morgan fingerprint density at radius 2 is 1.76 bits per heavy atom. The second-order valence-electron chi connectivity index (χ2n) is 9.10. The second-order valence-corrected chi connectivity index (χ2v) is 11.3. The summed E-state index contributed by atoms with van der Waals surface area (Å²) in [5.41, 5.74) is 3.98. The number of carbonyl (C=O) groups is 2. The summed E-state index contributed by atoms with van der Waals surface area (Å²) in [6.07, 6.45) is 2.92. The molecule has 0 saturated heterocycles. The Hall–Kier alpha value is -3.54. The molecule has 0 saturated carbocycles. The van der Waals surface area contributed by atoms with Gasteiger partial charge in [-0.3, -0.25) is 24.5 Å². The molecule has 37 heavy (non-hydrogen) atoms. The van der Waals surface area contributed by atoms with Gasteiger partial charge in [-0.05, 0) is 60.8 Å². The third-order valence-corrected chi connectivity index (χ3v) is 7.40. The summed E-state index contributed by atoms with van der Waals surface area (Å²) in [6.45, 7) is 0.547. The summed E-state index contributed by atoms with van der Waals surface area (Å²) in [6, 6.07) is 15.1. The van der Waals surface area contributed by atoms with Crippen LogP contribution in [-0.4, -0.2) is 73.7 Å². The van der Waals surface area contributed by atoms with E-state index in [9.17, 15) is 22.8 Å². The molecule has 1 unspecified atom stereocenters. The van der Waals surface area contributed by atoms with Crippen molar-refractivity contribution >= 4 is 32.5 Å². The Kier molecular flexibility index (Phi) is 9.19. The van der Waals surface area contributed by atoms with E-state index in [1.54, 1.807) is 37.3 Å². The summed E-state index contributed by atoms with van der Waals surface area (Å²) in [5, 5.41) is 8.55. The number of fused-ring (bicyclic) bond motifs is 1. The third kappa shape index (κ3) is 7.48. The standard InChI is InChI=1S/C26H31N3O7S/c1-28(2)17-24(30)36-15-12-18-4-6-19(7-5-18)20-8-9-22-21(16-20)10-13-29(26(22)32)14-11-23(25(31)27-33)37(3,34)35/h4-10,13,16,23,33H,11-12,14-15,17H2,1-3H3,(H,27,31). The predicted octanol–water partition coefficient (Wildman–Crippen LogP) is 1.62. The van der Waals surface area contributed by atoms with Gasteiger partial charge in [0.1, 0.15) is 5.25 Å². The zero-order valence-electron chi connectivity index (χ0n) is 21.0. The van der Waals surface area contributed by atoms with Gasteiger partial charge < -0.3 is 9.30 Å². The van der Waals surface area contributed by atoms with Crippen molar-refractivity contribution < 1.29 is 28.0 Å². The Morgan fingerprint density at radius 1 is 1.08 bits per heavy atom. The number of hydrogen-bond acceptors (Lipinski definition) is 8. The van der Waals surface area contributed by atoms with Crippen molar-refractivity contribution in [1.29, 1.82) is 0 Å². The van der Waals surface area contributed by atoms with E-state index in [0.29, 0.717) is 18.4 Å². The van der Waals surface area contributed by atoms with Crippen LogP contribution in [0.5, 0.6) is 0 Å². The molecular formula is C26H31N3O7S. The number of nitrogens with zero attached hydrogens (tertiary/aromatic N) is 2. The van der Waals surface area contributed by atoms with Crippen LogP contribution in [0.1, 0.15) is 12.0 Å². The van der Waals surface area contributed by atoms with E-state index in [2.05, 4.69) is 0 Å². The first-order valence-electron chi connectivity index (χ1n) is 11.7.